The average molecular weight is 785 g/mol. The van der Waals surface area contributed by atoms with Gasteiger partial charge in [-0.15, -0.1) is 0 Å². The van der Waals surface area contributed by atoms with E-state index in [0.717, 1.165) is 0 Å². The molecule has 0 fully saturated rings. The highest BCUT2D eigenvalue weighted by molar-refractivity contribution is 7.90. The average Bonchev–Trinajstić information content (AvgIpc) is 2.74. The zero-order valence-electron chi connectivity index (χ0n) is 19.1. The van der Waals surface area contributed by atoms with Crippen molar-refractivity contribution in [1.82, 2.24) is 4.31 Å². The molecule has 0 radical (unpaired) electrons. The van der Waals surface area contributed by atoms with E-state index in [1.54, 1.807) is 0 Å². The van der Waals surface area contributed by atoms with Gasteiger partial charge in [0, 0.05) is 0 Å². The molecule has 0 saturated carbocycles. The molecule has 0 aromatic rings. The first kappa shape index (κ1) is 43.9. The van der Waals surface area contributed by atoms with Gasteiger partial charge in [0.05, 0.1) is 0 Å². The van der Waals surface area contributed by atoms with Gasteiger partial charge >= 0.3 is 77.3 Å². The van der Waals surface area contributed by atoms with Crippen LogP contribution in [0.25, 0.3) is 0 Å². The van der Waals surface area contributed by atoms with E-state index < -0.39 is 91.7 Å². The molecule has 0 aliphatic carbocycles. The van der Waals surface area contributed by atoms with E-state index in [0.29, 0.717) is 0 Å². The Hall–Kier alpha value is -2.12. The van der Waals surface area contributed by atoms with Crippen LogP contribution in [-0.4, -0.2) is 90.1 Å². The van der Waals surface area contributed by atoms with Crippen molar-refractivity contribution in [3.8, 4) is 0 Å². The van der Waals surface area contributed by atoms with Crippen LogP contribution in [0.15, 0.2) is 0 Å². The normalized spacial score (nSPS) is 17.2. The molecule has 3 nitrogen and oxygen atoms in total. The first-order valence-electron chi connectivity index (χ1n) is 9.15. The van der Waals surface area contributed by atoms with Crippen LogP contribution in [0.5, 0.6) is 0 Å². The van der Waals surface area contributed by atoms with E-state index in [2.05, 4.69) is 0 Å². The summed E-state index contributed by atoms with van der Waals surface area (Å²) in [6, 6.07) is -19.9. The fourth-order valence-electron chi connectivity index (χ4n) is 2.30. The zero-order chi connectivity index (χ0) is 38.6. The molecule has 0 N–H and O–H groups in total. The summed E-state index contributed by atoms with van der Waals surface area (Å²) < 4.78 is 397. The largest absolute Gasteiger partial charge is 0.461 e. The van der Waals surface area contributed by atoms with Crippen molar-refractivity contribution in [2.24, 2.45) is 0 Å². The molecule has 0 rings (SSSR count). The smallest absolute Gasteiger partial charge is 0.205 e. The lowest BCUT2D eigenvalue weighted by Gasteiger charge is -2.46. The quantitative estimate of drug-likeness (QED) is 0.156. The van der Waals surface area contributed by atoms with Crippen LogP contribution < -0.4 is 0 Å². The molecule has 0 aromatic carbocycles. The zero-order valence-corrected chi connectivity index (χ0v) is 19.9. The molecule has 0 aliphatic rings. The Morgan fingerprint density at radius 1 is 0.283 bits per heavy atom. The molecule has 0 aliphatic heterocycles. The van der Waals surface area contributed by atoms with Crippen molar-refractivity contribution >= 4 is 10.0 Å². The predicted octanol–water partition coefficient (Wildman–Crippen LogP) is 8.53. The number of rotatable bonds is 11. The maximum atomic E-state index is 14.2. The van der Waals surface area contributed by atoms with Gasteiger partial charge in [-0.2, -0.15) is 127 Å². The fraction of sp³-hybridized carbons (Fsp3) is 1.00. The Morgan fingerprint density at radius 3 is 0.761 bits per heavy atom. The van der Waals surface area contributed by atoms with E-state index in [4.69, 9.17) is 0 Å². The van der Waals surface area contributed by atoms with Gasteiger partial charge in [-0.1, -0.05) is 4.31 Å². The Bertz CT molecular complexity index is 1230. The summed E-state index contributed by atoms with van der Waals surface area (Å²) in [5, 5.41) is -9.66. The first-order valence-corrected chi connectivity index (χ1v) is 10.6. The van der Waals surface area contributed by atoms with Crippen LogP contribution in [0, 0.1) is 0 Å². The summed E-state index contributed by atoms with van der Waals surface area (Å²) in [4.78, 5) is 0. The molecule has 0 spiro atoms. The van der Waals surface area contributed by atoms with Gasteiger partial charge in [-0.25, -0.2) is 8.42 Å². The van der Waals surface area contributed by atoms with Gasteiger partial charge in [0.1, 0.15) is 0 Å². The van der Waals surface area contributed by atoms with Crippen molar-refractivity contribution in [3.05, 3.63) is 0 Å². The lowest BCUT2D eigenvalue weighted by Crippen LogP contribution is -2.78. The molecular formula is C13F29NO2S. The molecule has 0 atom stereocenters. The second-order valence-corrected chi connectivity index (χ2v) is 9.71. The van der Waals surface area contributed by atoms with Crippen molar-refractivity contribution in [2.75, 3.05) is 0 Å². The molecule has 0 saturated heterocycles. The standard InChI is InChI=1S/C13F29NO2S/c14-1(15,3(18,19)8(28,29)30)2(16,17)5(22,23)11(37,38)43(12(39,40)7(26,27)10(34,35)36)46(44,45)13(41,42)6(24,25)4(20,21)9(31,32)33. The minimum absolute atomic E-state index is 6.11. The van der Waals surface area contributed by atoms with Crippen molar-refractivity contribution < 1.29 is 136 Å². The van der Waals surface area contributed by atoms with Gasteiger partial charge in [-0.3, -0.25) is 0 Å². The highest BCUT2D eigenvalue weighted by atomic mass is 32.2. The van der Waals surface area contributed by atoms with Crippen LogP contribution in [-0.2, 0) is 10.0 Å². The third-order valence-electron chi connectivity index (χ3n) is 4.84. The van der Waals surface area contributed by atoms with Crippen molar-refractivity contribution in [3.63, 3.8) is 0 Å². The van der Waals surface area contributed by atoms with E-state index in [1.807, 2.05) is 0 Å². The summed E-state index contributed by atoms with van der Waals surface area (Å²) in [7, 11) is -11.0. The summed E-state index contributed by atoms with van der Waals surface area (Å²) in [6.45, 7) is 0. The molecule has 0 heterocycles. The Morgan fingerprint density at radius 2 is 0.500 bits per heavy atom. The Kier molecular flexibility index (Phi) is 9.96. The van der Waals surface area contributed by atoms with E-state index in [-0.39, 0.29) is 0 Å². The molecule has 0 unspecified atom stereocenters. The van der Waals surface area contributed by atoms with Crippen molar-refractivity contribution in [2.45, 2.75) is 77.3 Å². The van der Waals surface area contributed by atoms with Crippen LogP contribution in [0.2, 0.25) is 0 Å². The first-order chi connectivity index (χ1) is 19.1. The third kappa shape index (κ3) is 5.30. The number of sulfonamides is 1. The summed E-state index contributed by atoms with van der Waals surface area (Å²) >= 11 is 0. The predicted molar refractivity (Wildman–Crippen MR) is 78.4 cm³/mol. The molecule has 0 bridgehead atoms. The fourth-order valence-corrected chi connectivity index (χ4v) is 3.82. The maximum absolute atomic E-state index is 14.2. The Balaban J connectivity index is 8.47. The van der Waals surface area contributed by atoms with E-state index >= 15 is 0 Å². The van der Waals surface area contributed by atoms with E-state index in [9.17, 15) is 136 Å². The van der Waals surface area contributed by atoms with Crippen LogP contribution in [0.3, 0.4) is 0 Å². The highest BCUT2D eigenvalue weighted by Crippen LogP contribution is 2.65. The number of halogens is 29. The van der Waals surface area contributed by atoms with Crippen molar-refractivity contribution in [1.29, 1.82) is 0 Å². The summed E-state index contributed by atoms with van der Waals surface area (Å²) in [5.41, 5.74) is 0. The minimum atomic E-state index is -11.0. The summed E-state index contributed by atoms with van der Waals surface area (Å²) in [5.74, 6) is -65.9. The molecule has 46 heavy (non-hydrogen) atoms. The second kappa shape index (κ2) is 10.4. The number of alkyl halides is 29. The van der Waals surface area contributed by atoms with Crippen LogP contribution in [0.4, 0.5) is 127 Å². The SMILES string of the molecule is O=S(=O)(N(C(F)(F)C(F)(F)C(F)(F)F)C(F)(F)C(F)(F)C(F)(F)C(F)(F)C(F)(F)C(F)(F)F)C(F)(F)C(F)(F)C(F)(F)C(F)(F)F. The Labute approximate surface area is 228 Å². The molecular weight excluding hydrogens is 785 g/mol. The number of hydrogen-bond donors (Lipinski definition) is 0. The number of hydrogen-bond acceptors (Lipinski definition) is 2. The molecule has 278 valence electrons. The van der Waals surface area contributed by atoms with Crippen LogP contribution >= 0.6 is 0 Å². The van der Waals surface area contributed by atoms with Gasteiger partial charge < -0.3 is 0 Å². The monoisotopic (exact) mass is 785 g/mol. The molecule has 0 amide bonds. The lowest BCUT2D eigenvalue weighted by molar-refractivity contribution is -0.465. The molecule has 0 aromatic heterocycles. The number of nitrogens with zero attached hydrogens (tertiary/aromatic N) is 1. The third-order valence-corrected chi connectivity index (χ3v) is 6.68. The van der Waals surface area contributed by atoms with E-state index in [1.165, 1.54) is 0 Å². The highest BCUT2D eigenvalue weighted by Gasteiger charge is 2.96. The van der Waals surface area contributed by atoms with Crippen LogP contribution in [0.1, 0.15) is 0 Å². The minimum Gasteiger partial charge on any atom is -0.205 e. The van der Waals surface area contributed by atoms with Gasteiger partial charge in [0.2, 0.25) is 0 Å². The summed E-state index contributed by atoms with van der Waals surface area (Å²) in [6.07, 6.45) is -25.6. The van der Waals surface area contributed by atoms with Gasteiger partial charge in [0.25, 0.3) is 10.0 Å². The lowest BCUT2D eigenvalue weighted by atomic mass is 9.96. The van der Waals surface area contributed by atoms with Gasteiger partial charge in [-0.05, 0) is 0 Å². The second-order valence-electron chi connectivity index (χ2n) is 7.88. The topological polar surface area (TPSA) is 37.4 Å². The van der Waals surface area contributed by atoms with Gasteiger partial charge in [0.15, 0.2) is 0 Å². The molecule has 33 heteroatoms. The maximum Gasteiger partial charge on any atom is 0.461 e.